The fraction of sp³-hybridized carbons (Fsp3) is 1.00. The minimum Gasteiger partial charge on any atom is -0.358 e. The summed E-state index contributed by atoms with van der Waals surface area (Å²) in [7, 11) is 0. The number of hydrogen-bond donors (Lipinski definition) is 1. The van der Waals surface area contributed by atoms with Gasteiger partial charge in [-0.15, -0.1) is 0 Å². The normalized spacial score (nSPS) is 29.2. The summed E-state index contributed by atoms with van der Waals surface area (Å²) in [5.41, 5.74) is 0.0303. The quantitative estimate of drug-likeness (QED) is 0.617. The first kappa shape index (κ1) is 8.48. The van der Waals surface area contributed by atoms with E-state index in [1.807, 2.05) is 0 Å². The van der Waals surface area contributed by atoms with E-state index in [9.17, 15) is 0 Å². The Bertz CT molecular complexity index is 156. The van der Waals surface area contributed by atoms with Crippen molar-refractivity contribution in [3.8, 4) is 0 Å². The summed E-state index contributed by atoms with van der Waals surface area (Å²) in [6.45, 7) is 8.63. The Morgan fingerprint density at radius 1 is 1.42 bits per heavy atom. The standard InChI is InChI=1S/C9H18N2O/c1-8(2)11-6-9(7-11)10-4-3-5-12-9/h8,10H,3-7H2,1-2H3. The summed E-state index contributed by atoms with van der Waals surface area (Å²) >= 11 is 0. The van der Waals surface area contributed by atoms with Gasteiger partial charge in [-0.1, -0.05) is 0 Å². The topological polar surface area (TPSA) is 24.5 Å². The summed E-state index contributed by atoms with van der Waals surface area (Å²) in [5.74, 6) is 0. The molecule has 12 heavy (non-hydrogen) atoms. The van der Waals surface area contributed by atoms with Crippen molar-refractivity contribution in [3.63, 3.8) is 0 Å². The van der Waals surface area contributed by atoms with Gasteiger partial charge in [0.15, 0.2) is 0 Å². The molecule has 0 unspecified atom stereocenters. The van der Waals surface area contributed by atoms with Crippen LogP contribution < -0.4 is 5.32 Å². The van der Waals surface area contributed by atoms with Crippen LogP contribution in [0.4, 0.5) is 0 Å². The van der Waals surface area contributed by atoms with Crippen LogP contribution in [0.5, 0.6) is 0 Å². The summed E-state index contributed by atoms with van der Waals surface area (Å²) in [5, 5.41) is 3.45. The minimum absolute atomic E-state index is 0.0303. The van der Waals surface area contributed by atoms with Gasteiger partial charge in [-0.2, -0.15) is 0 Å². The van der Waals surface area contributed by atoms with Gasteiger partial charge in [-0.25, -0.2) is 0 Å². The van der Waals surface area contributed by atoms with Crippen LogP contribution in [0.25, 0.3) is 0 Å². The van der Waals surface area contributed by atoms with Crippen LogP contribution in [0, 0.1) is 0 Å². The zero-order valence-electron chi connectivity index (χ0n) is 7.97. The molecule has 0 aromatic carbocycles. The highest BCUT2D eigenvalue weighted by atomic mass is 16.5. The van der Waals surface area contributed by atoms with Crippen LogP contribution >= 0.6 is 0 Å². The molecule has 0 aromatic heterocycles. The van der Waals surface area contributed by atoms with Crippen molar-refractivity contribution in [2.24, 2.45) is 0 Å². The Morgan fingerprint density at radius 3 is 2.67 bits per heavy atom. The van der Waals surface area contributed by atoms with Crippen molar-refractivity contribution >= 4 is 0 Å². The van der Waals surface area contributed by atoms with E-state index in [4.69, 9.17) is 4.74 Å². The van der Waals surface area contributed by atoms with Gasteiger partial charge in [0.05, 0.1) is 6.61 Å². The van der Waals surface area contributed by atoms with Gasteiger partial charge in [-0.3, -0.25) is 10.2 Å². The number of rotatable bonds is 1. The molecule has 2 fully saturated rings. The Morgan fingerprint density at radius 2 is 2.17 bits per heavy atom. The van der Waals surface area contributed by atoms with Crippen LogP contribution in [0.3, 0.4) is 0 Å². The van der Waals surface area contributed by atoms with Crippen molar-refractivity contribution in [2.75, 3.05) is 26.2 Å². The molecule has 0 atom stereocenters. The minimum atomic E-state index is 0.0303. The molecule has 2 heterocycles. The zero-order valence-corrected chi connectivity index (χ0v) is 7.97. The summed E-state index contributed by atoms with van der Waals surface area (Å²) in [6.07, 6.45) is 1.16. The Hall–Kier alpha value is -0.120. The maximum absolute atomic E-state index is 5.73. The molecule has 2 saturated heterocycles. The van der Waals surface area contributed by atoms with Crippen molar-refractivity contribution in [2.45, 2.75) is 32.0 Å². The largest absolute Gasteiger partial charge is 0.358 e. The molecule has 0 aromatic rings. The first-order chi connectivity index (χ1) is 5.72. The fourth-order valence-electron chi connectivity index (χ4n) is 1.88. The van der Waals surface area contributed by atoms with Crippen LogP contribution in [0.1, 0.15) is 20.3 Å². The summed E-state index contributed by atoms with van der Waals surface area (Å²) < 4.78 is 5.73. The molecule has 2 aliphatic heterocycles. The van der Waals surface area contributed by atoms with Crippen molar-refractivity contribution < 1.29 is 4.74 Å². The van der Waals surface area contributed by atoms with E-state index in [1.54, 1.807) is 0 Å². The van der Waals surface area contributed by atoms with Crippen molar-refractivity contribution in [1.29, 1.82) is 0 Å². The lowest BCUT2D eigenvalue weighted by Crippen LogP contribution is -2.73. The predicted molar refractivity (Wildman–Crippen MR) is 48.0 cm³/mol. The molecule has 3 nitrogen and oxygen atoms in total. The SMILES string of the molecule is CC(C)N1CC2(C1)NCCCO2. The molecule has 0 bridgehead atoms. The maximum atomic E-state index is 5.73. The van der Waals surface area contributed by atoms with Gasteiger partial charge in [-0.05, 0) is 20.3 Å². The Labute approximate surface area is 74.1 Å². The van der Waals surface area contributed by atoms with E-state index in [0.29, 0.717) is 6.04 Å². The molecule has 0 saturated carbocycles. The highest BCUT2D eigenvalue weighted by Crippen LogP contribution is 2.26. The molecule has 3 heteroatoms. The second kappa shape index (κ2) is 2.98. The molecule has 0 amide bonds. The van der Waals surface area contributed by atoms with Crippen LogP contribution in [0.2, 0.25) is 0 Å². The third-order valence-corrected chi connectivity index (χ3v) is 2.79. The smallest absolute Gasteiger partial charge is 0.144 e. The van der Waals surface area contributed by atoms with Gasteiger partial charge < -0.3 is 4.74 Å². The molecule has 2 aliphatic rings. The second-order valence-electron chi connectivity index (χ2n) is 4.12. The summed E-state index contributed by atoms with van der Waals surface area (Å²) in [6, 6.07) is 0.656. The maximum Gasteiger partial charge on any atom is 0.144 e. The summed E-state index contributed by atoms with van der Waals surface area (Å²) in [4.78, 5) is 2.43. The lowest BCUT2D eigenvalue weighted by atomic mass is 10.0. The molecular formula is C9H18N2O. The average Bonchev–Trinajstić information content (AvgIpc) is 2.01. The van der Waals surface area contributed by atoms with Gasteiger partial charge in [0.1, 0.15) is 5.72 Å². The third-order valence-electron chi connectivity index (χ3n) is 2.79. The van der Waals surface area contributed by atoms with Crippen LogP contribution in [-0.2, 0) is 4.74 Å². The number of likely N-dealkylation sites (tertiary alicyclic amines) is 1. The molecule has 1 spiro atoms. The molecule has 0 radical (unpaired) electrons. The van der Waals surface area contributed by atoms with Gasteiger partial charge in [0.2, 0.25) is 0 Å². The van der Waals surface area contributed by atoms with Crippen LogP contribution in [0.15, 0.2) is 0 Å². The van der Waals surface area contributed by atoms with Gasteiger partial charge >= 0.3 is 0 Å². The molecular weight excluding hydrogens is 152 g/mol. The number of nitrogens with zero attached hydrogens (tertiary/aromatic N) is 1. The number of nitrogens with one attached hydrogen (secondary N) is 1. The van der Waals surface area contributed by atoms with Crippen LogP contribution in [-0.4, -0.2) is 42.9 Å². The monoisotopic (exact) mass is 170 g/mol. The lowest BCUT2D eigenvalue weighted by Gasteiger charge is -2.53. The fourth-order valence-corrected chi connectivity index (χ4v) is 1.88. The zero-order chi connectivity index (χ0) is 8.60. The van der Waals surface area contributed by atoms with E-state index < -0.39 is 0 Å². The van der Waals surface area contributed by atoms with Crippen molar-refractivity contribution in [1.82, 2.24) is 10.2 Å². The van der Waals surface area contributed by atoms with E-state index in [0.717, 1.165) is 32.7 Å². The van der Waals surface area contributed by atoms with E-state index in [-0.39, 0.29) is 5.72 Å². The Balaban J connectivity index is 1.84. The van der Waals surface area contributed by atoms with E-state index in [2.05, 4.69) is 24.1 Å². The number of hydrogen-bond acceptors (Lipinski definition) is 3. The average molecular weight is 170 g/mol. The molecule has 70 valence electrons. The first-order valence-corrected chi connectivity index (χ1v) is 4.85. The molecule has 2 rings (SSSR count). The molecule has 1 N–H and O–H groups in total. The first-order valence-electron chi connectivity index (χ1n) is 4.85. The second-order valence-corrected chi connectivity index (χ2v) is 4.12. The van der Waals surface area contributed by atoms with Gasteiger partial charge in [0.25, 0.3) is 0 Å². The van der Waals surface area contributed by atoms with Crippen molar-refractivity contribution in [3.05, 3.63) is 0 Å². The lowest BCUT2D eigenvalue weighted by molar-refractivity contribution is -0.187. The van der Waals surface area contributed by atoms with E-state index >= 15 is 0 Å². The molecule has 0 aliphatic carbocycles. The highest BCUT2D eigenvalue weighted by Gasteiger charge is 2.45. The predicted octanol–water partition coefficient (Wildman–Crippen LogP) is 0.417. The highest BCUT2D eigenvalue weighted by molar-refractivity contribution is 4.97. The van der Waals surface area contributed by atoms with Gasteiger partial charge in [0, 0.05) is 25.7 Å². The Kier molecular flexibility index (Phi) is 2.10. The van der Waals surface area contributed by atoms with E-state index in [1.165, 1.54) is 0 Å². The third kappa shape index (κ3) is 1.37. The number of ether oxygens (including phenoxy) is 1.